The zero-order valence-electron chi connectivity index (χ0n) is 10.8. The van der Waals surface area contributed by atoms with Crippen molar-refractivity contribution in [3.63, 3.8) is 0 Å². The number of imide groups is 1. The van der Waals surface area contributed by atoms with Crippen LogP contribution in [0, 0.1) is 5.92 Å². The Morgan fingerprint density at radius 2 is 2.16 bits per heavy atom. The number of rotatable bonds is 4. The van der Waals surface area contributed by atoms with Crippen molar-refractivity contribution >= 4 is 17.9 Å². The molecule has 3 amide bonds. The number of methoxy groups -OCH3 is 1. The van der Waals surface area contributed by atoms with Gasteiger partial charge >= 0.3 is 12.0 Å². The van der Waals surface area contributed by atoms with E-state index in [-0.39, 0.29) is 5.92 Å². The van der Waals surface area contributed by atoms with Gasteiger partial charge in [-0.2, -0.15) is 0 Å². The number of ether oxygens (including phenoxy) is 1. The maximum Gasteiger partial charge on any atom is 0.328 e. The Bertz CT molecular complexity index is 378. The van der Waals surface area contributed by atoms with Crippen LogP contribution in [0.1, 0.15) is 12.8 Å². The highest BCUT2D eigenvalue weighted by atomic mass is 16.5. The van der Waals surface area contributed by atoms with Gasteiger partial charge in [0.25, 0.3) is 5.91 Å². The lowest BCUT2D eigenvalue weighted by molar-refractivity contribution is -0.131. The number of nitrogens with one attached hydrogen (secondary N) is 1. The summed E-state index contributed by atoms with van der Waals surface area (Å²) in [5, 5.41) is 10.5. The van der Waals surface area contributed by atoms with Gasteiger partial charge in [0.1, 0.15) is 0 Å². The molecule has 2 N–H and O–H groups in total. The van der Waals surface area contributed by atoms with Gasteiger partial charge in [0.2, 0.25) is 0 Å². The van der Waals surface area contributed by atoms with Gasteiger partial charge in [-0.1, -0.05) is 0 Å². The van der Waals surface area contributed by atoms with Crippen molar-refractivity contribution in [1.29, 1.82) is 0 Å². The maximum absolute atomic E-state index is 11.8. The highest BCUT2D eigenvalue weighted by Gasteiger charge is 2.24. The van der Waals surface area contributed by atoms with E-state index in [1.165, 1.54) is 0 Å². The Labute approximate surface area is 111 Å². The summed E-state index contributed by atoms with van der Waals surface area (Å²) in [6.45, 7) is 1.70. The Morgan fingerprint density at radius 3 is 2.79 bits per heavy atom. The lowest BCUT2D eigenvalue weighted by Crippen LogP contribution is -2.47. The van der Waals surface area contributed by atoms with Crippen molar-refractivity contribution in [3.05, 3.63) is 12.2 Å². The topological polar surface area (TPSA) is 95.9 Å². The number of amides is 3. The van der Waals surface area contributed by atoms with Crippen LogP contribution < -0.4 is 5.32 Å². The summed E-state index contributed by atoms with van der Waals surface area (Å²) < 4.78 is 5.05. The summed E-state index contributed by atoms with van der Waals surface area (Å²) in [6.07, 6.45) is 3.36. The van der Waals surface area contributed by atoms with Crippen LogP contribution in [0.3, 0.4) is 0 Å². The molecule has 0 spiro atoms. The lowest BCUT2D eigenvalue weighted by Gasteiger charge is -2.32. The number of hydrogen-bond donors (Lipinski definition) is 2. The Hall–Kier alpha value is -1.89. The maximum atomic E-state index is 11.8. The fraction of sp³-hybridized carbons (Fsp3) is 0.583. The van der Waals surface area contributed by atoms with E-state index in [0.29, 0.717) is 25.8 Å². The van der Waals surface area contributed by atoms with Crippen LogP contribution in [0.5, 0.6) is 0 Å². The smallest absolute Gasteiger partial charge is 0.328 e. The van der Waals surface area contributed by atoms with E-state index < -0.39 is 17.9 Å². The molecule has 0 bridgehead atoms. The van der Waals surface area contributed by atoms with Gasteiger partial charge in [0.05, 0.1) is 6.61 Å². The standard InChI is InChI=1S/C12H18N2O5/c1-19-8-9-3-2-6-14(7-9)12(18)13-10(15)4-5-11(16)17/h4-5,9H,2-3,6-8H2,1H3,(H,16,17)(H,13,15,18)/b5-4+. The minimum absolute atomic E-state index is 0.272. The first-order valence-corrected chi connectivity index (χ1v) is 6.02. The van der Waals surface area contributed by atoms with Crippen LogP contribution in [0.15, 0.2) is 12.2 Å². The van der Waals surface area contributed by atoms with E-state index in [2.05, 4.69) is 5.32 Å². The monoisotopic (exact) mass is 270 g/mol. The Morgan fingerprint density at radius 1 is 1.42 bits per heavy atom. The van der Waals surface area contributed by atoms with E-state index in [1.54, 1.807) is 12.0 Å². The quantitative estimate of drug-likeness (QED) is 0.712. The molecule has 1 aliphatic rings. The molecule has 0 aromatic heterocycles. The molecule has 1 rings (SSSR count). The first-order chi connectivity index (χ1) is 9.02. The summed E-state index contributed by atoms with van der Waals surface area (Å²) >= 11 is 0. The summed E-state index contributed by atoms with van der Waals surface area (Å²) in [5.41, 5.74) is 0. The number of hydrogen-bond acceptors (Lipinski definition) is 4. The number of aliphatic carboxylic acids is 1. The van der Waals surface area contributed by atoms with Crippen LogP contribution in [-0.2, 0) is 14.3 Å². The number of carboxylic acids is 1. The fourth-order valence-corrected chi connectivity index (χ4v) is 1.99. The molecule has 7 heteroatoms. The Kier molecular flexibility index (Phi) is 6.01. The molecule has 0 aliphatic carbocycles. The van der Waals surface area contributed by atoms with E-state index in [4.69, 9.17) is 9.84 Å². The second-order valence-corrected chi connectivity index (χ2v) is 4.38. The molecule has 0 aromatic rings. The number of likely N-dealkylation sites (tertiary alicyclic amines) is 1. The van der Waals surface area contributed by atoms with Crippen LogP contribution in [-0.4, -0.2) is 54.7 Å². The van der Waals surface area contributed by atoms with Crippen LogP contribution in [0.4, 0.5) is 4.79 Å². The van der Waals surface area contributed by atoms with Gasteiger partial charge in [-0.3, -0.25) is 10.1 Å². The molecule has 1 heterocycles. The lowest BCUT2D eigenvalue weighted by atomic mass is 9.99. The van der Waals surface area contributed by atoms with Gasteiger partial charge in [-0.25, -0.2) is 9.59 Å². The summed E-state index contributed by atoms with van der Waals surface area (Å²) in [6, 6.07) is -0.499. The average molecular weight is 270 g/mol. The number of urea groups is 1. The highest BCUT2D eigenvalue weighted by molar-refractivity contribution is 6.02. The SMILES string of the molecule is COCC1CCCN(C(=O)NC(=O)/C=C/C(=O)O)C1. The third-order valence-corrected chi connectivity index (χ3v) is 2.82. The normalized spacial score (nSPS) is 19.4. The third kappa shape index (κ3) is 5.52. The van der Waals surface area contributed by atoms with Crippen LogP contribution in [0.2, 0.25) is 0 Å². The Balaban J connectivity index is 2.44. The van der Waals surface area contributed by atoms with Crippen LogP contribution in [0.25, 0.3) is 0 Å². The minimum atomic E-state index is -1.24. The summed E-state index contributed by atoms with van der Waals surface area (Å²) in [4.78, 5) is 34.8. The molecule has 1 aliphatic heterocycles. The summed E-state index contributed by atoms with van der Waals surface area (Å²) in [7, 11) is 1.61. The molecule has 7 nitrogen and oxygen atoms in total. The fourth-order valence-electron chi connectivity index (χ4n) is 1.99. The second-order valence-electron chi connectivity index (χ2n) is 4.38. The van der Waals surface area contributed by atoms with Crippen molar-refractivity contribution < 1.29 is 24.2 Å². The number of carboxylic acid groups (broad SMARTS) is 1. The van der Waals surface area contributed by atoms with Gasteiger partial charge < -0.3 is 14.7 Å². The van der Waals surface area contributed by atoms with Crippen molar-refractivity contribution in [3.8, 4) is 0 Å². The predicted octanol–water partition coefficient (Wildman–Crippen LogP) is 0.222. The molecule has 1 unspecified atom stereocenters. The largest absolute Gasteiger partial charge is 0.478 e. The van der Waals surface area contributed by atoms with E-state index in [1.807, 2.05) is 0 Å². The van der Waals surface area contributed by atoms with Gasteiger partial charge in [0.15, 0.2) is 0 Å². The molecule has 0 radical (unpaired) electrons. The first kappa shape index (κ1) is 15.2. The number of piperidine rings is 1. The zero-order chi connectivity index (χ0) is 14.3. The zero-order valence-corrected chi connectivity index (χ0v) is 10.8. The van der Waals surface area contributed by atoms with Crippen molar-refractivity contribution in [2.24, 2.45) is 5.92 Å². The predicted molar refractivity (Wildman–Crippen MR) is 66.5 cm³/mol. The van der Waals surface area contributed by atoms with E-state index in [0.717, 1.165) is 18.9 Å². The molecule has 1 atom stereocenters. The molecular formula is C12H18N2O5. The van der Waals surface area contributed by atoms with E-state index >= 15 is 0 Å². The van der Waals surface area contributed by atoms with E-state index in [9.17, 15) is 14.4 Å². The number of carbonyl (C=O) groups excluding carboxylic acids is 2. The molecule has 0 aromatic carbocycles. The van der Waals surface area contributed by atoms with Crippen LogP contribution >= 0.6 is 0 Å². The molecule has 19 heavy (non-hydrogen) atoms. The second kappa shape index (κ2) is 7.52. The van der Waals surface area contributed by atoms with Gasteiger partial charge in [-0.15, -0.1) is 0 Å². The molecular weight excluding hydrogens is 252 g/mol. The molecule has 1 fully saturated rings. The molecule has 106 valence electrons. The van der Waals surface area contributed by atoms with Gasteiger partial charge in [0, 0.05) is 38.3 Å². The molecule has 1 saturated heterocycles. The third-order valence-electron chi connectivity index (χ3n) is 2.82. The first-order valence-electron chi connectivity index (χ1n) is 6.02. The average Bonchev–Trinajstić information content (AvgIpc) is 2.37. The highest BCUT2D eigenvalue weighted by Crippen LogP contribution is 2.16. The van der Waals surface area contributed by atoms with Crippen molar-refractivity contribution in [2.75, 3.05) is 26.8 Å². The van der Waals surface area contributed by atoms with Crippen molar-refractivity contribution in [1.82, 2.24) is 10.2 Å². The number of nitrogens with zero attached hydrogens (tertiary/aromatic N) is 1. The number of carbonyl (C=O) groups is 3. The van der Waals surface area contributed by atoms with Gasteiger partial charge in [-0.05, 0) is 12.8 Å². The summed E-state index contributed by atoms with van der Waals surface area (Å²) in [5.74, 6) is -1.70. The minimum Gasteiger partial charge on any atom is -0.478 e. The van der Waals surface area contributed by atoms with Crippen molar-refractivity contribution in [2.45, 2.75) is 12.8 Å². The molecule has 0 saturated carbocycles.